The molecule has 0 radical (unpaired) electrons. The standard InChI is InChI=1S/C36H53IN6O6Si2/c1-46-17-18-49-36(34(44)45)15-13-26(14-16-36)31-30(37)33(41-35(47-19-21-50(2,3)4)48-20-22-51(5,6)7)43-32(40-31)29(24-39-43)27-23-38-42(25-27)28-11-9-8-10-12-28/h8-12,23-26,35,41H,13-22H2,1-7H3,(H,44,45). The maximum absolute atomic E-state index is 12.5. The number of aromatic nitrogens is 5. The molecule has 278 valence electrons. The van der Waals surface area contributed by atoms with Gasteiger partial charge in [-0.2, -0.15) is 14.7 Å². The van der Waals surface area contributed by atoms with Gasteiger partial charge in [0.05, 0.1) is 40.6 Å². The summed E-state index contributed by atoms with van der Waals surface area (Å²) in [4.78, 5) is 17.7. The van der Waals surface area contributed by atoms with Crippen molar-refractivity contribution in [2.24, 2.45) is 0 Å². The van der Waals surface area contributed by atoms with Gasteiger partial charge in [-0.25, -0.2) is 14.5 Å². The summed E-state index contributed by atoms with van der Waals surface area (Å²) < 4.78 is 28.5. The van der Waals surface area contributed by atoms with Crippen LogP contribution in [0.2, 0.25) is 51.4 Å². The zero-order valence-electron chi connectivity index (χ0n) is 30.9. The third-order valence-corrected chi connectivity index (χ3v) is 13.7. The second-order valence-corrected chi connectivity index (χ2v) is 28.0. The molecule has 0 amide bonds. The van der Waals surface area contributed by atoms with Crippen molar-refractivity contribution in [2.45, 2.75) is 95.0 Å². The van der Waals surface area contributed by atoms with Crippen molar-refractivity contribution in [1.82, 2.24) is 24.4 Å². The van der Waals surface area contributed by atoms with Crippen LogP contribution in [0.1, 0.15) is 37.3 Å². The molecule has 1 fully saturated rings. The fraction of sp³-hybridized carbons (Fsp3) is 0.556. The first-order chi connectivity index (χ1) is 24.2. The molecule has 2 N–H and O–H groups in total. The van der Waals surface area contributed by atoms with Gasteiger partial charge in [-0.1, -0.05) is 57.5 Å². The number of nitrogens with zero attached hydrogens (tertiary/aromatic N) is 5. The van der Waals surface area contributed by atoms with Crippen LogP contribution in [0.25, 0.3) is 22.5 Å². The van der Waals surface area contributed by atoms with Crippen molar-refractivity contribution < 1.29 is 28.8 Å². The van der Waals surface area contributed by atoms with Gasteiger partial charge in [-0.3, -0.25) is 0 Å². The molecule has 5 rings (SSSR count). The highest BCUT2D eigenvalue weighted by Crippen LogP contribution is 2.43. The molecular formula is C36H53IN6O6Si2. The van der Waals surface area contributed by atoms with Crippen LogP contribution in [-0.2, 0) is 23.7 Å². The highest BCUT2D eigenvalue weighted by Gasteiger charge is 2.44. The van der Waals surface area contributed by atoms with Gasteiger partial charge in [0.25, 0.3) is 0 Å². The number of fused-ring (bicyclic) bond motifs is 1. The lowest BCUT2D eigenvalue weighted by Gasteiger charge is -2.37. The molecule has 1 saturated carbocycles. The van der Waals surface area contributed by atoms with Gasteiger partial charge in [0.2, 0.25) is 6.41 Å². The normalized spacial score (nSPS) is 18.5. The van der Waals surface area contributed by atoms with Crippen LogP contribution < -0.4 is 5.32 Å². The molecule has 0 bridgehead atoms. The van der Waals surface area contributed by atoms with Crippen molar-refractivity contribution in [2.75, 3.05) is 38.9 Å². The molecule has 0 aliphatic heterocycles. The van der Waals surface area contributed by atoms with E-state index in [4.69, 9.17) is 29.0 Å². The smallest absolute Gasteiger partial charge is 0.335 e. The summed E-state index contributed by atoms with van der Waals surface area (Å²) in [6.45, 7) is 15.8. The maximum Gasteiger partial charge on any atom is 0.335 e. The van der Waals surface area contributed by atoms with Gasteiger partial charge in [0.15, 0.2) is 11.2 Å². The Balaban J connectivity index is 1.53. The molecule has 3 heterocycles. The number of anilines is 1. The molecule has 0 saturated heterocycles. The van der Waals surface area contributed by atoms with E-state index < -0.39 is 34.1 Å². The number of hydrogen-bond donors (Lipinski definition) is 2. The Morgan fingerprint density at radius 3 is 2.22 bits per heavy atom. The van der Waals surface area contributed by atoms with Crippen LogP contribution in [-0.4, -0.2) is 97.2 Å². The second kappa shape index (κ2) is 17.0. The van der Waals surface area contributed by atoms with Gasteiger partial charge >= 0.3 is 5.97 Å². The van der Waals surface area contributed by atoms with E-state index >= 15 is 0 Å². The number of methoxy groups -OCH3 is 1. The number of carbonyl (C=O) groups is 1. The SMILES string of the molecule is COCCOC1(C(=O)O)CCC(c2nc3c(-c4cnn(-c5ccccc5)c4)cnn3c(NC(OCC[Si](C)(C)C)OCC[Si](C)(C)C)c2I)CC1. The van der Waals surface area contributed by atoms with Gasteiger partial charge in [0.1, 0.15) is 5.82 Å². The molecule has 0 spiro atoms. The summed E-state index contributed by atoms with van der Waals surface area (Å²) in [5, 5.41) is 23.3. The molecule has 51 heavy (non-hydrogen) atoms. The minimum atomic E-state index is -1.35. The predicted octanol–water partition coefficient (Wildman–Crippen LogP) is 7.74. The van der Waals surface area contributed by atoms with Crippen LogP contribution in [0, 0.1) is 3.57 Å². The van der Waals surface area contributed by atoms with Gasteiger partial charge in [-0.05, 0) is 72.5 Å². The summed E-state index contributed by atoms with van der Waals surface area (Å²) in [5.74, 6) is -0.190. The second-order valence-electron chi connectivity index (χ2n) is 15.7. The van der Waals surface area contributed by atoms with E-state index in [-0.39, 0.29) is 12.5 Å². The van der Waals surface area contributed by atoms with Crippen molar-refractivity contribution >= 4 is 56.2 Å². The Hall–Kier alpha value is -2.68. The van der Waals surface area contributed by atoms with Crippen LogP contribution in [0.4, 0.5) is 5.82 Å². The zero-order valence-corrected chi connectivity index (χ0v) is 35.1. The van der Waals surface area contributed by atoms with Crippen molar-refractivity contribution in [3.63, 3.8) is 0 Å². The molecule has 12 nitrogen and oxygen atoms in total. The first-order valence-corrected chi connectivity index (χ1v) is 26.2. The number of ether oxygens (including phenoxy) is 4. The number of para-hydroxylation sites is 1. The number of benzene rings is 1. The average Bonchev–Trinajstić information content (AvgIpc) is 3.73. The number of carboxylic acid groups (broad SMARTS) is 1. The Bertz CT molecular complexity index is 1730. The fourth-order valence-corrected chi connectivity index (χ4v) is 8.46. The average molecular weight is 849 g/mol. The Morgan fingerprint density at radius 2 is 1.63 bits per heavy atom. The number of hydrogen-bond acceptors (Lipinski definition) is 9. The van der Waals surface area contributed by atoms with E-state index in [1.807, 2.05) is 58.1 Å². The number of halogens is 1. The summed E-state index contributed by atoms with van der Waals surface area (Å²) in [5.41, 5.74) is 3.01. The van der Waals surface area contributed by atoms with Crippen LogP contribution >= 0.6 is 22.6 Å². The van der Waals surface area contributed by atoms with Crippen LogP contribution in [0.15, 0.2) is 48.9 Å². The summed E-state index contributed by atoms with van der Waals surface area (Å²) in [7, 11) is -1.11. The summed E-state index contributed by atoms with van der Waals surface area (Å²) in [6, 6.07) is 12.0. The monoisotopic (exact) mass is 848 g/mol. The fourth-order valence-electron chi connectivity index (χ4n) is 6.06. The number of rotatable bonds is 18. The van der Waals surface area contributed by atoms with E-state index in [9.17, 15) is 9.90 Å². The number of nitrogens with one attached hydrogen (secondary N) is 1. The minimum Gasteiger partial charge on any atom is -0.479 e. The Morgan fingerprint density at radius 1 is 0.980 bits per heavy atom. The molecule has 3 aromatic heterocycles. The Kier molecular flexibility index (Phi) is 13.2. The van der Waals surface area contributed by atoms with Gasteiger partial charge in [-0.15, -0.1) is 0 Å². The van der Waals surface area contributed by atoms with E-state index in [2.05, 4.69) is 72.3 Å². The van der Waals surface area contributed by atoms with Gasteiger partial charge < -0.3 is 29.4 Å². The van der Waals surface area contributed by atoms with Crippen LogP contribution in [0.5, 0.6) is 0 Å². The highest BCUT2D eigenvalue weighted by atomic mass is 127. The van der Waals surface area contributed by atoms with E-state index in [1.165, 1.54) is 0 Å². The molecule has 1 aliphatic carbocycles. The molecule has 4 aromatic rings. The first kappa shape index (κ1) is 39.5. The minimum absolute atomic E-state index is 0.00908. The predicted molar refractivity (Wildman–Crippen MR) is 213 cm³/mol. The van der Waals surface area contributed by atoms with E-state index in [0.717, 1.165) is 44.0 Å². The molecule has 1 aromatic carbocycles. The quantitative estimate of drug-likeness (QED) is 0.0444. The lowest BCUT2D eigenvalue weighted by molar-refractivity contribution is -0.173. The molecular weight excluding hydrogens is 796 g/mol. The zero-order chi connectivity index (χ0) is 36.8. The number of aliphatic carboxylic acids is 1. The molecule has 15 heteroatoms. The molecule has 0 unspecified atom stereocenters. The van der Waals surface area contributed by atoms with Crippen molar-refractivity contribution in [3.05, 3.63) is 58.2 Å². The summed E-state index contributed by atoms with van der Waals surface area (Å²) >= 11 is 2.35. The van der Waals surface area contributed by atoms with Gasteiger partial charge in [0, 0.05) is 59.7 Å². The number of carboxylic acids is 1. The van der Waals surface area contributed by atoms with E-state index in [1.54, 1.807) is 7.11 Å². The lowest BCUT2D eigenvalue weighted by atomic mass is 9.77. The van der Waals surface area contributed by atoms with E-state index in [0.29, 0.717) is 51.2 Å². The third-order valence-electron chi connectivity index (χ3n) is 9.26. The maximum atomic E-state index is 12.5. The molecule has 0 atom stereocenters. The largest absolute Gasteiger partial charge is 0.479 e. The topological polar surface area (TPSA) is 134 Å². The van der Waals surface area contributed by atoms with Crippen LogP contribution in [0.3, 0.4) is 0 Å². The highest BCUT2D eigenvalue weighted by molar-refractivity contribution is 14.1. The lowest BCUT2D eigenvalue weighted by Crippen LogP contribution is -2.45. The summed E-state index contributed by atoms with van der Waals surface area (Å²) in [6.07, 6.45) is 6.93. The first-order valence-electron chi connectivity index (χ1n) is 17.7. The Labute approximate surface area is 316 Å². The van der Waals surface area contributed by atoms with Crippen molar-refractivity contribution in [1.29, 1.82) is 0 Å². The third kappa shape index (κ3) is 10.3. The van der Waals surface area contributed by atoms with Crippen molar-refractivity contribution in [3.8, 4) is 16.8 Å². The molecule has 1 aliphatic rings.